The van der Waals surface area contributed by atoms with Crippen LogP contribution in [0.3, 0.4) is 0 Å². The smallest absolute Gasteiger partial charge is 0.333 e. The quantitative estimate of drug-likeness (QED) is 0.194. The third-order valence-corrected chi connectivity index (χ3v) is 4.13. The van der Waals surface area contributed by atoms with E-state index < -0.39 is 0 Å². The minimum atomic E-state index is -0.219. The molecule has 1 atom stereocenters. The minimum Gasteiger partial charge on any atom is -0.459 e. The summed E-state index contributed by atoms with van der Waals surface area (Å²) in [5.41, 5.74) is 0.512. The average Bonchev–Trinajstić information content (AvgIpc) is 2.50. The maximum atomic E-state index is 11.7. The Labute approximate surface area is 138 Å². The summed E-state index contributed by atoms with van der Waals surface area (Å²) >= 11 is 0. The molecule has 0 aliphatic rings. The van der Waals surface area contributed by atoms with Crippen LogP contribution in [-0.2, 0) is 9.53 Å². The fraction of sp³-hybridized carbons (Fsp3) is 0.850. The molecule has 0 aliphatic carbocycles. The van der Waals surface area contributed by atoms with Crippen molar-refractivity contribution in [2.45, 2.75) is 110 Å². The second-order valence-electron chi connectivity index (χ2n) is 6.57. The van der Waals surface area contributed by atoms with Crippen LogP contribution in [0, 0.1) is 0 Å². The molecular weight excluding hydrogens is 272 g/mol. The van der Waals surface area contributed by atoms with Gasteiger partial charge >= 0.3 is 5.97 Å². The average molecular weight is 311 g/mol. The van der Waals surface area contributed by atoms with Crippen molar-refractivity contribution >= 4 is 5.97 Å². The van der Waals surface area contributed by atoms with E-state index in [1.54, 1.807) is 6.92 Å². The zero-order valence-corrected chi connectivity index (χ0v) is 15.3. The summed E-state index contributed by atoms with van der Waals surface area (Å²) < 4.78 is 5.60. The molecule has 0 rings (SSSR count). The first-order valence-corrected chi connectivity index (χ1v) is 9.48. The van der Waals surface area contributed by atoms with Crippen LogP contribution in [0.5, 0.6) is 0 Å². The van der Waals surface area contributed by atoms with Crippen molar-refractivity contribution in [2.24, 2.45) is 0 Å². The Morgan fingerprint density at radius 1 is 0.818 bits per heavy atom. The Morgan fingerprint density at radius 2 is 1.23 bits per heavy atom. The van der Waals surface area contributed by atoms with Gasteiger partial charge in [0.1, 0.15) is 6.10 Å². The van der Waals surface area contributed by atoms with Crippen molar-refractivity contribution < 1.29 is 9.53 Å². The second-order valence-corrected chi connectivity index (χ2v) is 6.57. The summed E-state index contributed by atoms with van der Waals surface area (Å²) in [5, 5.41) is 0. The van der Waals surface area contributed by atoms with Gasteiger partial charge in [0.15, 0.2) is 0 Å². The van der Waals surface area contributed by atoms with Gasteiger partial charge in [-0.15, -0.1) is 0 Å². The lowest BCUT2D eigenvalue weighted by Crippen LogP contribution is -2.18. The van der Waals surface area contributed by atoms with Gasteiger partial charge < -0.3 is 4.74 Å². The van der Waals surface area contributed by atoms with Crippen molar-refractivity contribution in [1.29, 1.82) is 0 Å². The van der Waals surface area contributed by atoms with Crippen LogP contribution in [-0.4, -0.2) is 12.1 Å². The van der Waals surface area contributed by atoms with Crippen LogP contribution in [0.25, 0.3) is 0 Å². The highest BCUT2D eigenvalue weighted by atomic mass is 16.5. The van der Waals surface area contributed by atoms with Crippen LogP contribution >= 0.6 is 0 Å². The fourth-order valence-corrected chi connectivity index (χ4v) is 2.64. The van der Waals surface area contributed by atoms with E-state index in [9.17, 15) is 4.79 Å². The van der Waals surface area contributed by atoms with E-state index in [2.05, 4.69) is 20.4 Å². The molecule has 130 valence electrons. The highest BCUT2D eigenvalue weighted by molar-refractivity contribution is 5.87. The van der Waals surface area contributed by atoms with Crippen LogP contribution < -0.4 is 0 Å². The van der Waals surface area contributed by atoms with Crippen molar-refractivity contribution in [3.8, 4) is 0 Å². The van der Waals surface area contributed by atoms with Crippen molar-refractivity contribution in [2.75, 3.05) is 0 Å². The maximum Gasteiger partial charge on any atom is 0.333 e. The molecule has 0 aliphatic heterocycles. The number of ether oxygens (including phenoxy) is 1. The van der Waals surface area contributed by atoms with Crippen LogP contribution in [0.4, 0.5) is 0 Å². The first kappa shape index (κ1) is 21.2. The van der Waals surface area contributed by atoms with Gasteiger partial charge in [-0.25, -0.2) is 4.79 Å². The maximum absolute atomic E-state index is 11.7. The molecule has 0 radical (unpaired) electrons. The Bertz CT molecular complexity index is 283. The molecule has 2 nitrogen and oxygen atoms in total. The molecule has 0 bridgehead atoms. The lowest BCUT2D eigenvalue weighted by molar-refractivity contribution is -0.145. The topological polar surface area (TPSA) is 26.3 Å². The van der Waals surface area contributed by atoms with Gasteiger partial charge in [0.2, 0.25) is 0 Å². The fourth-order valence-electron chi connectivity index (χ4n) is 2.64. The number of hydrogen-bond acceptors (Lipinski definition) is 2. The third-order valence-electron chi connectivity index (χ3n) is 4.13. The molecule has 0 saturated heterocycles. The summed E-state index contributed by atoms with van der Waals surface area (Å²) in [6, 6.07) is 0. The van der Waals surface area contributed by atoms with Gasteiger partial charge in [0.25, 0.3) is 0 Å². The van der Waals surface area contributed by atoms with E-state index in [4.69, 9.17) is 4.74 Å². The molecular formula is C20H38O2. The standard InChI is InChI=1S/C20H38O2/c1-5-7-9-11-12-13-15-17-19(16-14-10-8-6-2)22-20(21)18(3)4/h19H,3,5-17H2,1-2,4H3. The third kappa shape index (κ3) is 12.9. The van der Waals surface area contributed by atoms with Crippen molar-refractivity contribution in [3.63, 3.8) is 0 Å². The van der Waals surface area contributed by atoms with E-state index in [0.717, 1.165) is 12.8 Å². The largest absolute Gasteiger partial charge is 0.459 e. The van der Waals surface area contributed by atoms with Gasteiger partial charge in [0, 0.05) is 5.57 Å². The van der Waals surface area contributed by atoms with Gasteiger partial charge in [-0.1, -0.05) is 78.2 Å². The number of carbonyl (C=O) groups excluding carboxylic acids is 1. The molecule has 0 saturated carbocycles. The van der Waals surface area contributed by atoms with Crippen molar-refractivity contribution in [1.82, 2.24) is 0 Å². The number of unbranched alkanes of at least 4 members (excludes halogenated alkanes) is 9. The molecule has 0 fully saturated rings. The predicted molar refractivity (Wildman–Crippen MR) is 96.1 cm³/mol. The van der Waals surface area contributed by atoms with Gasteiger partial charge in [-0.05, 0) is 32.6 Å². The lowest BCUT2D eigenvalue weighted by atomic mass is 10.0. The molecule has 0 spiro atoms. The zero-order chi connectivity index (χ0) is 16.6. The summed E-state index contributed by atoms with van der Waals surface area (Å²) in [7, 11) is 0. The highest BCUT2D eigenvalue weighted by Crippen LogP contribution is 2.17. The molecule has 0 N–H and O–H groups in total. The summed E-state index contributed by atoms with van der Waals surface area (Å²) in [4.78, 5) is 11.7. The number of hydrogen-bond donors (Lipinski definition) is 0. The Kier molecular flexibility index (Phi) is 14.6. The van der Waals surface area contributed by atoms with Gasteiger partial charge in [0.05, 0.1) is 0 Å². The molecule has 0 heterocycles. The molecule has 1 unspecified atom stereocenters. The van der Waals surface area contributed by atoms with E-state index >= 15 is 0 Å². The normalized spacial score (nSPS) is 12.1. The Hall–Kier alpha value is -0.790. The summed E-state index contributed by atoms with van der Waals surface area (Å²) in [6.45, 7) is 9.88. The zero-order valence-electron chi connectivity index (χ0n) is 15.3. The predicted octanol–water partition coefficient (Wildman–Crippen LogP) is 6.59. The molecule has 2 heteroatoms. The van der Waals surface area contributed by atoms with Gasteiger partial charge in [-0.3, -0.25) is 0 Å². The molecule has 0 aromatic carbocycles. The van der Waals surface area contributed by atoms with Gasteiger partial charge in [-0.2, -0.15) is 0 Å². The monoisotopic (exact) mass is 310 g/mol. The summed E-state index contributed by atoms with van der Waals surface area (Å²) in [5.74, 6) is -0.219. The van der Waals surface area contributed by atoms with Crippen molar-refractivity contribution in [3.05, 3.63) is 12.2 Å². The number of carbonyl (C=O) groups is 1. The molecule has 22 heavy (non-hydrogen) atoms. The van der Waals surface area contributed by atoms with E-state index in [1.165, 1.54) is 70.6 Å². The molecule has 0 amide bonds. The van der Waals surface area contributed by atoms with E-state index in [0.29, 0.717) is 5.57 Å². The van der Waals surface area contributed by atoms with Crippen LogP contribution in [0.2, 0.25) is 0 Å². The highest BCUT2D eigenvalue weighted by Gasteiger charge is 2.14. The second kappa shape index (κ2) is 15.1. The Morgan fingerprint density at radius 3 is 1.68 bits per heavy atom. The first-order valence-electron chi connectivity index (χ1n) is 9.48. The Balaban J connectivity index is 3.90. The summed E-state index contributed by atoms with van der Waals surface area (Å²) in [6.07, 6.45) is 16.2. The van der Waals surface area contributed by atoms with Crippen LogP contribution in [0.1, 0.15) is 104 Å². The molecule has 0 aromatic rings. The minimum absolute atomic E-state index is 0.0942. The van der Waals surface area contributed by atoms with E-state index in [1.807, 2.05) is 0 Å². The SMILES string of the molecule is C=C(C)C(=O)OC(CCCCCC)CCCCCCCCC. The lowest BCUT2D eigenvalue weighted by Gasteiger charge is -2.18. The first-order chi connectivity index (χ1) is 10.6. The number of rotatable bonds is 15. The molecule has 0 aromatic heterocycles. The number of esters is 1. The van der Waals surface area contributed by atoms with Crippen LogP contribution in [0.15, 0.2) is 12.2 Å². The van der Waals surface area contributed by atoms with E-state index in [-0.39, 0.29) is 12.1 Å².